The van der Waals surface area contributed by atoms with Crippen molar-refractivity contribution in [2.45, 2.75) is 11.8 Å². The second kappa shape index (κ2) is 2.67. The lowest BCUT2D eigenvalue weighted by atomic mass is 10.2. The van der Waals surface area contributed by atoms with Gasteiger partial charge in [0.2, 0.25) is 0 Å². The van der Waals surface area contributed by atoms with E-state index in [4.69, 9.17) is 0 Å². The molecular weight excluding hydrogens is 184 g/mol. The number of aryl methyl sites for hydroxylation is 1. The van der Waals surface area contributed by atoms with Gasteiger partial charge in [-0.25, -0.2) is 9.20 Å². The maximum atomic E-state index is 11.9. The third kappa shape index (κ3) is 1.37. The van der Waals surface area contributed by atoms with E-state index in [9.17, 15) is 4.21 Å². The average molecular weight is 194 g/mol. The molecule has 3 nitrogen and oxygen atoms in total. The van der Waals surface area contributed by atoms with E-state index in [-0.39, 0.29) is 0 Å². The second-order valence-corrected chi connectivity index (χ2v) is 5.38. The van der Waals surface area contributed by atoms with E-state index >= 15 is 0 Å². The van der Waals surface area contributed by atoms with Crippen molar-refractivity contribution < 1.29 is 4.21 Å². The molecule has 1 unspecified atom stereocenters. The zero-order valence-electron chi connectivity index (χ0n) is 7.52. The molecule has 0 aliphatic carbocycles. The molecule has 1 aliphatic heterocycles. The molecular formula is C9H10N2OS. The van der Waals surface area contributed by atoms with Crippen molar-refractivity contribution in [3.63, 3.8) is 0 Å². The average Bonchev–Trinajstić information content (AvgIpc) is 2.02. The van der Waals surface area contributed by atoms with E-state index < -0.39 is 9.73 Å². The first kappa shape index (κ1) is 8.44. The molecule has 0 fully saturated rings. The van der Waals surface area contributed by atoms with Crippen LogP contribution >= 0.6 is 0 Å². The standard InChI is InChI=1S/C9H10N2OS/c1-7-3-4-9-8(5-7)10-6-11-13(9,2)12/h3-6H,1-2H3. The van der Waals surface area contributed by atoms with Crippen molar-refractivity contribution in [2.75, 3.05) is 6.26 Å². The van der Waals surface area contributed by atoms with Crippen LogP contribution in [0.1, 0.15) is 5.56 Å². The Kier molecular flexibility index (Phi) is 1.73. The molecule has 2 rings (SSSR count). The predicted octanol–water partition coefficient (Wildman–Crippen LogP) is 2.13. The quantitative estimate of drug-likeness (QED) is 0.623. The Morgan fingerprint density at radius 2 is 2.15 bits per heavy atom. The molecule has 68 valence electrons. The summed E-state index contributed by atoms with van der Waals surface area (Å²) in [6.45, 7) is 1.99. The molecule has 0 amide bonds. The minimum Gasteiger partial charge on any atom is -0.245 e. The molecule has 0 saturated heterocycles. The summed E-state index contributed by atoms with van der Waals surface area (Å²) in [5, 5.41) is 0. The van der Waals surface area contributed by atoms with Gasteiger partial charge in [-0.2, -0.15) is 4.36 Å². The fourth-order valence-corrected chi connectivity index (χ4v) is 2.44. The van der Waals surface area contributed by atoms with Gasteiger partial charge in [0.1, 0.15) is 6.34 Å². The molecule has 0 aromatic heterocycles. The molecule has 0 saturated carbocycles. The number of hydrogen-bond donors (Lipinski definition) is 0. The Bertz CT molecular complexity index is 496. The lowest BCUT2D eigenvalue weighted by Gasteiger charge is -2.10. The van der Waals surface area contributed by atoms with Crippen LogP contribution in [0, 0.1) is 6.92 Å². The van der Waals surface area contributed by atoms with E-state index in [0.717, 1.165) is 16.1 Å². The van der Waals surface area contributed by atoms with Gasteiger partial charge in [-0.3, -0.25) is 0 Å². The summed E-state index contributed by atoms with van der Waals surface area (Å²) in [4.78, 5) is 4.82. The molecule has 0 radical (unpaired) electrons. The van der Waals surface area contributed by atoms with Crippen LogP contribution in [-0.2, 0) is 9.73 Å². The molecule has 13 heavy (non-hydrogen) atoms. The van der Waals surface area contributed by atoms with Crippen LogP contribution in [0.5, 0.6) is 0 Å². The smallest absolute Gasteiger partial charge is 0.126 e. The van der Waals surface area contributed by atoms with Crippen molar-refractivity contribution in [3.8, 4) is 0 Å². The van der Waals surface area contributed by atoms with Gasteiger partial charge in [-0.05, 0) is 24.6 Å². The van der Waals surface area contributed by atoms with Gasteiger partial charge in [0.15, 0.2) is 0 Å². The highest BCUT2D eigenvalue weighted by Gasteiger charge is 2.13. The van der Waals surface area contributed by atoms with E-state index in [1.807, 2.05) is 25.1 Å². The largest absolute Gasteiger partial charge is 0.245 e. The Labute approximate surface area is 77.7 Å². The number of aliphatic imine (C=N–C) groups is 1. The number of benzene rings is 1. The minimum absolute atomic E-state index is 0.737. The number of hydrogen-bond acceptors (Lipinski definition) is 3. The minimum atomic E-state index is -2.23. The Morgan fingerprint density at radius 3 is 2.92 bits per heavy atom. The monoisotopic (exact) mass is 194 g/mol. The van der Waals surface area contributed by atoms with Crippen LogP contribution in [-0.4, -0.2) is 16.8 Å². The summed E-state index contributed by atoms with van der Waals surface area (Å²) in [7, 11) is -2.23. The van der Waals surface area contributed by atoms with Crippen LogP contribution in [0.2, 0.25) is 0 Å². The van der Waals surface area contributed by atoms with E-state index in [1.165, 1.54) is 6.34 Å². The molecule has 4 heteroatoms. The first-order chi connectivity index (χ1) is 6.09. The molecule has 0 N–H and O–H groups in total. The van der Waals surface area contributed by atoms with Gasteiger partial charge in [0, 0.05) is 6.26 Å². The predicted molar refractivity (Wildman–Crippen MR) is 54.1 cm³/mol. The first-order valence-corrected chi connectivity index (χ1v) is 5.86. The maximum Gasteiger partial charge on any atom is 0.126 e. The third-order valence-corrected chi connectivity index (χ3v) is 3.63. The molecule has 0 spiro atoms. The molecule has 0 bridgehead atoms. The van der Waals surface area contributed by atoms with Gasteiger partial charge in [0.25, 0.3) is 0 Å². The van der Waals surface area contributed by atoms with Gasteiger partial charge in [0.05, 0.1) is 20.3 Å². The Balaban J connectivity index is 2.79. The second-order valence-electron chi connectivity index (χ2n) is 3.12. The summed E-state index contributed by atoms with van der Waals surface area (Å²) in [5.41, 5.74) is 1.90. The third-order valence-electron chi connectivity index (χ3n) is 1.97. The highest BCUT2D eigenvalue weighted by atomic mass is 32.2. The molecule has 1 aliphatic rings. The highest BCUT2D eigenvalue weighted by Crippen LogP contribution is 2.28. The lowest BCUT2D eigenvalue weighted by molar-refractivity contribution is 0.681. The van der Waals surface area contributed by atoms with Crippen LogP contribution < -0.4 is 0 Å². The van der Waals surface area contributed by atoms with Crippen LogP contribution in [0.3, 0.4) is 0 Å². The summed E-state index contributed by atoms with van der Waals surface area (Å²) in [6.07, 6.45) is 3.01. The fraction of sp³-hybridized carbons (Fsp3) is 0.222. The lowest BCUT2D eigenvalue weighted by Crippen LogP contribution is -2.01. The molecule has 1 aromatic carbocycles. The van der Waals surface area contributed by atoms with Crippen molar-refractivity contribution in [2.24, 2.45) is 9.36 Å². The van der Waals surface area contributed by atoms with Crippen molar-refractivity contribution in [3.05, 3.63) is 23.8 Å². The van der Waals surface area contributed by atoms with Crippen LogP contribution in [0.25, 0.3) is 0 Å². The van der Waals surface area contributed by atoms with Crippen LogP contribution in [0.15, 0.2) is 32.4 Å². The maximum absolute atomic E-state index is 11.9. The topological polar surface area (TPSA) is 41.8 Å². The summed E-state index contributed by atoms with van der Waals surface area (Å²) >= 11 is 0. The molecule has 1 heterocycles. The zero-order valence-corrected chi connectivity index (χ0v) is 8.34. The number of rotatable bonds is 0. The molecule has 1 atom stereocenters. The SMILES string of the molecule is Cc1ccc2c(c1)N=CN=S2(C)=O. The van der Waals surface area contributed by atoms with E-state index in [0.29, 0.717) is 0 Å². The Hall–Kier alpha value is -1.16. The van der Waals surface area contributed by atoms with Gasteiger partial charge >= 0.3 is 0 Å². The van der Waals surface area contributed by atoms with Gasteiger partial charge in [-0.15, -0.1) is 0 Å². The number of nitrogens with zero attached hydrogens (tertiary/aromatic N) is 2. The summed E-state index contributed by atoms with van der Waals surface area (Å²) < 4.78 is 15.8. The number of fused-ring (bicyclic) bond motifs is 1. The Morgan fingerprint density at radius 1 is 1.38 bits per heavy atom. The zero-order chi connectivity index (χ0) is 9.47. The normalized spacial score (nSPS) is 25.1. The van der Waals surface area contributed by atoms with Gasteiger partial charge in [-0.1, -0.05) is 6.07 Å². The fourth-order valence-electron chi connectivity index (χ4n) is 1.28. The van der Waals surface area contributed by atoms with Gasteiger partial charge < -0.3 is 0 Å². The first-order valence-electron chi connectivity index (χ1n) is 3.94. The van der Waals surface area contributed by atoms with E-state index in [2.05, 4.69) is 9.36 Å². The summed E-state index contributed by atoms with van der Waals surface area (Å²) in [5.74, 6) is 0. The molecule has 1 aromatic rings. The summed E-state index contributed by atoms with van der Waals surface area (Å²) in [6, 6.07) is 5.69. The van der Waals surface area contributed by atoms with Crippen molar-refractivity contribution in [1.29, 1.82) is 0 Å². The highest BCUT2D eigenvalue weighted by molar-refractivity contribution is 7.93. The van der Waals surface area contributed by atoms with Crippen LogP contribution in [0.4, 0.5) is 5.69 Å². The van der Waals surface area contributed by atoms with E-state index in [1.54, 1.807) is 6.26 Å². The van der Waals surface area contributed by atoms with Crippen molar-refractivity contribution in [1.82, 2.24) is 0 Å². The van der Waals surface area contributed by atoms with Crippen molar-refractivity contribution >= 4 is 21.8 Å².